The van der Waals surface area contributed by atoms with E-state index in [1.54, 1.807) is 0 Å². The molecule has 0 aliphatic heterocycles. The number of rotatable bonds is 7. The zero-order chi connectivity index (χ0) is 13.7. The molecule has 0 saturated heterocycles. The van der Waals surface area contributed by atoms with Gasteiger partial charge in [-0.05, 0) is 26.0 Å². The molecule has 0 atom stereocenters. The molecule has 0 radical (unpaired) electrons. The molecule has 19 heavy (non-hydrogen) atoms. The van der Waals surface area contributed by atoms with Crippen LogP contribution in [0.15, 0.2) is 24.5 Å². The highest BCUT2D eigenvalue weighted by molar-refractivity contribution is 7.11. The van der Waals surface area contributed by atoms with E-state index < -0.39 is 0 Å². The summed E-state index contributed by atoms with van der Waals surface area (Å²) in [4.78, 5) is 4.93. The SMILES string of the molecule is CCn1cc(CN(CCO)Cc2ccc(C)s2)cn1. The van der Waals surface area contributed by atoms with E-state index in [-0.39, 0.29) is 6.61 Å². The van der Waals surface area contributed by atoms with Gasteiger partial charge in [-0.15, -0.1) is 11.3 Å². The zero-order valence-electron chi connectivity index (χ0n) is 11.5. The summed E-state index contributed by atoms with van der Waals surface area (Å²) in [5, 5.41) is 13.5. The van der Waals surface area contributed by atoms with Gasteiger partial charge in [-0.2, -0.15) is 5.10 Å². The zero-order valence-corrected chi connectivity index (χ0v) is 12.4. The standard InChI is InChI=1S/C14H21N3OS/c1-3-17-10-13(8-15-17)9-16(6-7-18)11-14-5-4-12(2)19-14/h4-5,8,10,18H,3,6-7,9,11H2,1-2H3. The summed E-state index contributed by atoms with van der Waals surface area (Å²) in [6.45, 7) is 7.69. The molecule has 1 N–H and O–H groups in total. The van der Waals surface area contributed by atoms with Crippen LogP contribution in [0.3, 0.4) is 0 Å². The van der Waals surface area contributed by atoms with E-state index >= 15 is 0 Å². The average Bonchev–Trinajstić information content (AvgIpc) is 2.99. The monoisotopic (exact) mass is 279 g/mol. The van der Waals surface area contributed by atoms with E-state index in [1.807, 2.05) is 22.2 Å². The van der Waals surface area contributed by atoms with E-state index in [2.05, 4.69) is 42.2 Å². The highest BCUT2D eigenvalue weighted by atomic mass is 32.1. The lowest BCUT2D eigenvalue weighted by Gasteiger charge is -2.19. The topological polar surface area (TPSA) is 41.3 Å². The molecule has 0 spiro atoms. The van der Waals surface area contributed by atoms with Crippen molar-refractivity contribution >= 4 is 11.3 Å². The Morgan fingerprint density at radius 3 is 2.79 bits per heavy atom. The first-order valence-electron chi connectivity index (χ1n) is 6.61. The Kier molecular flexibility index (Phi) is 5.13. The highest BCUT2D eigenvalue weighted by Crippen LogP contribution is 2.18. The molecule has 0 aliphatic carbocycles. The van der Waals surface area contributed by atoms with E-state index in [0.717, 1.165) is 19.6 Å². The molecule has 0 saturated carbocycles. The van der Waals surface area contributed by atoms with Crippen molar-refractivity contribution in [2.45, 2.75) is 33.5 Å². The van der Waals surface area contributed by atoms with Gasteiger partial charge in [0, 0.05) is 47.7 Å². The van der Waals surface area contributed by atoms with Crippen molar-refractivity contribution in [3.8, 4) is 0 Å². The van der Waals surface area contributed by atoms with Crippen molar-refractivity contribution in [1.29, 1.82) is 0 Å². The van der Waals surface area contributed by atoms with Gasteiger partial charge in [-0.1, -0.05) is 0 Å². The van der Waals surface area contributed by atoms with Crippen LogP contribution in [0.5, 0.6) is 0 Å². The molecular weight excluding hydrogens is 258 g/mol. The van der Waals surface area contributed by atoms with Crippen LogP contribution >= 0.6 is 11.3 Å². The molecule has 2 aromatic rings. The van der Waals surface area contributed by atoms with Gasteiger partial charge < -0.3 is 5.11 Å². The van der Waals surface area contributed by atoms with E-state index in [4.69, 9.17) is 0 Å². The van der Waals surface area contributed by atoms with Gasteiger partial charge in [-0.3, -0.25) is 9.58 Å². The largest absolute Gasteiger partial charge is 0.395 e. The second kappa shape index (κ2) is 6.84. The van der Waals surface area contributed by atoms with Gasteiger partial charge >= 0.3 is 0 Å². The summed E-state index contributed by atoms with van der Waals surface area (Å²) in [5.41, 5.74) is 1.20. The molecule has 2 aromatic heterocycles. The van der Waals surface area contributed by atoms with E-state index in [0.29, 0.717) is 6.54 Å². The molecule has 0 unspecified atom stereocenters. The number of hydrogen-bond donors (Lipinski definition) is 1. The predicted molar refractivity (Wildman–Crippen MR) is 78.2 cm³/mol. The Balaban J connectivity index is 1.99. The molecule has 104 valence electrons. The summed E-state index contributed by atoms with van der Waals surface area (Å²) < 4.78 is 1.93. The minimum atomic E-state index is 0.187. The Morgan fingerprint density at radius 1 is 1.37 bits per heavy atom. The second-order valence-corrected chi connectivity index (χ2v) is 6.02. The number of thiophene rings is 1. The van der Waals surface area contributed by atoms with Crippen molar-refractivity contribution in [3.63, 3.8) is 0 Å². The minimum Gasteiger partial charge on any atom is -0.395 e. The number of aliphatic hydroxyl groups is 1. The molecule has 0 aliphatic rings. The number of aliphatic hydroxyl groups excluding tert-OH is 1. The van der Waals surface area contributed by atoms with Gasteiger partial charge in [0.25, 0.3) is 0 Å². The summed E-state index contributed by atoms with van der Waals surface area (Å²) in [7, 11) is 0. The molecular formula is C14H21N3OS. The maximum Gasteiger partial charge on any atom is 0.0558 e. The summed E-state index contributed by atoms with van der Waals surface area (Å²) in [5.74, 6) is 0. The number of nitrogens with zero attached hydrogens (tertiary/aromatic N) is 3. The number of hydrogen-bond acceptors (Lipinski definition) is 4. The first-order valence-corrected chi connectivity index (χ1v) is 7.42. The maximum atomic E-state index is 9.19. The fraction of sp³-hybridized carbons (Fsp3) is 0.500. The van der Waals surface area contributed by atoms with Crippen molar-refractivity contribution in [2.24, 2.45) is 0 Å². The second-order valence-electron chi connectivity index (χ2n) is 4.65. The van der Waals surface area contributed by atoms with Gasteiger partial charge in [0.2, 0.25) is 0 Å². The third-order valence-corrected chi connectivity index (χ3v) is 3.99. The van der Waals surface area contributed by atoms with Gasteiger partial charge in [-0.25, -0.2) is 0 Å². The predicted octanol–water partition coefficient (Wildman–Crippen LogP) is 2.27. The fourth-order valence-corrected chi connectivity index (χ4v) is 3.00. The lowest BCUT2D eigenvalue weighted by molar-refractivity contribution is 0.185. The minimum absolute atomic E-state index is 0.187. The van der Waals surface area contributed by atoms with Crippen molar-refractivity contribution in [3.05, 3.63) is 39.8 Å². The van der Waals surface area contributed by atoms with Gasteiger partial charge in [0.1, 0.15) is 0 Å². The lowest BCUT2D eigenvalue weighted by Crippen LogP contribution is -2.25. The van der Waals surface area contributed by atoms with Gasteiger partial charge in [0.15, 0.2) is 0 Å². The number of aryl methyl sites for hydroxylation is 2. The maximum absolute atomic E-state index is 9.19. The summed E-state index contributed by atoms with van der Waals surface area (Å²) in [6, 6.07) is 4.31. The molecule has 4 nitrogen and oxygen atoms in total. The Bertz CT molecular complexity index is 506. The average molecular weight is 279 g/mol. The Morgan fingerprint density at radius 2 is 2.21 bits per heavy atom. The van der Waals surface area contributed by atoms with Crippen molar-refractivity contribution in [2.75, 3.05) is 13.2 Å². The van der Waals surface area contributed by atoms with Crippen molar-refractivity contribution < 1.29 is 5.11 Å². The lowest BCUT2D eigenvalue weighted by atomic mass is 10.3. The third kappa shape index (κ3) is 4.16. The first kappa shape index (κ1) is 14.2. The van der Waals surface area contributed by atoms with E-state index in [1.165, 1.54) is 15.3 Å². The summed E-state index contributed by atoms with van der Waals surface area (Å²) in [6.07, 6.45) is 3.98. The molecule has 0 bridgehead atoms. The van der Waals surface area contributed by atoms with Crippen molar-refractivity contribution in [1.82, 2.24) is 14.7 Å². The van der Waals surface area contributed by atoms with Crippen LogP contribution in [-0.2, 0) is 19.6 Å². The molecule has 0 aromatic carbocycles. The fourth-order valence-electron chi connectivity index (χ4n) is 2.07. The smallest absolute Gasteiger partial charge is 0.0558 e. The molecule has 2 rings (SSSR count). The Hall–Kier alpha value is -1.17. The molecule has 5 heteroatoms. The molecule has 2 heterocycles. The van der Waals surface area contributed by atoms with Crippen LogP contribution in [0, 0.1) is 6.92 Å². The molecule has 0 amide bonds. The first-order chi connectivity index (χ1) is 9.21. The van der Waals surface area contributed by atoms with Crippen LogP contribution in [0.2, 0.25) is 0 Å². The van der Waals surface area contributed by atoms with Gasteiger partial charge in [0.05, 0.1) is 12.8 Å². The van der Waals surface area contributed by atoms with Crippen LogP contribution in [0.25, 0.3) is 0 Å². The summed E-state index contributed by atoms with van der Waals surface area (Å²) >= 11 is 1.82. The van der Waals surface area contributed by atoms with E-state index in [9.17, 15) is 5.11 Å². The number of aromatic nitrogens is 2. The quantitative estimate of drug-likeness (QED) is 0.845. The highest BCUT2D eigenvalue weighted by Gasteiger charge is 2.09. The third-order valence-electron chi connectivity index (χ3n) is 3.01. The van der Waals surface area contributed by atoms with Crippen LogP contribution in [0.4, 0.5) is 0 Å². The van der Waals surface area contributed by atoms with Crippen LogP contribution in [-0.4, -0.2) is 32.9 Å². The van der Waals surface area contributed by atoms with Crippen LogP contribution < -0.4 is 0 Å². The molecule has 0 fully saturated rings. The Labute approximate surface area is 118 Å². The van der Waals surface area contributed by atoms with Crippen LogP contribution in [0.1, 0.15) is 22.2 Å². The normalized spacial score (nSPS) is 11.4.